The standard InChI is InChI=1S/C16H26ClN3O/c1-3-12-14(17)13(20(4-2)19-12)9-16(10-18)7-8-21-15(16)11-5-6-11/h11,15H,3-10,18H2,1-2H3. The van der Waals surface area contributed by atoms with Gasteiger partial charge in [0.1, 0.15) is 0 Å². The van der Waals surface area contributed by atoms with Gasteiger partial charge in [0.25, 0.3) is 0 Å². The van der Waals surface area contributed by atoms with E-state index in [-0.39, 0.29) is 5.41 Å². The smallest absolute Gasteiger partial charge is 0.0850 e. The van der Waals surface area contributed by atoms with E-state index in [1.165, 1.54) is 12.8 Å². The second kappa shape index (κ2) is 5.90. The number of rotatable bonds is 6. The van der Waals surface area contributed by atoms with Crippen LogP contribution in [-0.4, -0.2) is 29.0 Å². The summed E-state index contributed by atoms with van der Waals surface area (Å²) in [6, 6.07) is 0. The predicted octanol–water partition coefficient (Wildman–Crippen LogP) is 2.81. The zero-order chi connectivity index (χ0) is 15.0. The lowest BCUT2D eigenvalue weighted by molar-refractivity contribution is 0.0336. The van der Waals surface area contributed by atoms with Crippen molar-refractivity contribution in [2.75, 3.05) is 13.2 Å². The van der Waals surface area contributed by atoms with Gasteiger partial charge in [-0.2, -0.15) is 5.10 Å². The summed E-state index contributed by atoms with van der Waals surface area (Å²) in [7, 11) is 0. The van der Waals surface area contributed by atoms with E-state index in [1.807, 2.05) is 0 Å². The average molecular weight is 312 g/mol. The Hall–Kier alpha value is -0.580. The molecule has 2 atom stereocenters. The Morgan fingerprint density at radius 1 is 1.43 bits per heavy atom. The first-order valence-electron chi connectivity index (χ1n) is 8.21. The molecule has 5 heteroatoms. The first-order chi connectivity index (χ1) is 10.1. The SMILES string of the molecule is CCc1nn(CC)c(CC2(CN)CCOC2C2CC2)c1Cl. The molecule has 4 nitrogen and oxygen atoms in total. The van der Waals surface area contributed by atoms with Gasteiger partial charge in [0.15, 0.2) is 0 Å². The number of nitrogens with zero attached hydrogens (tertiary/aromatic N) is 2. The molecule has 2 N–H and O–H groups in total. The van der Waals surface area contributed by atoms with Crippen LogP contribution in [0, 0.1) is 11.3 Å². The van der Waals surface area contributed by atoms with E-state index in [0.29, 0.717) is 18.6 Å². The van der Waals surface area contributed by atoms with E-state index in [0.717, 1.165) is 48.8 Å². The average Bonchev–Trinajstić information content (AvgIpc) is 3.19. The predicted molar refractivity (Wildman–Crippen MR) is 84.6 cm³/mol. The van der Waals surface area contributed by atoms with E-state index in [2.05, 4.69) is 23.6 Å². The lowest BCUT2D eigenvalue weighted by atomic mass is 9.75. The van der Waals surface area contributed by atoms with E-state index in [9.17, 15) is 0 Å². The molecule has 1 saturated heterocycles. The number of halogens is 1. The number of aromatic nitrogens is 2. The molecule has 0 spiro atoms. The Balaban J connectivity index is 1.91. The lowest BCUT2D eigenvalue weighted by Crippen LogP contribution is -2.42. The largest absolute Gasteiger partial charge is 0.377 e. The molecule has 1 saturated carbocycles. The van der Waals surface area contributed by atoms with Crippen molar-refractivity contribution in [1.29, 1.82) is 0 Å². The Morgan fingerprint density at radius 2 is 2.19 bits per heavy atom. The van der Waals surface area contributed by atoms with Crippen molar-refractivity contribution in [2.24, 2.45) is 17.1 Å². The Kier molecular flexibility index (Phi) is 4.30. The molecule has 0 radical (unpaired) electrons. The molecule has 3 rings (SSSR count). The Morgan fingerprint density at radius 3 is 2.76 bits per heavy atom. The number of hydrogen-bond donors (Lipinski definition) is 1. The van der Waals surface area contributed by atoms with E-state index in [4.69, 9.17) is 22.1 Å². The van der Waals surface area contributed by atoms with Crippen molar-refractivity contribution in [3.05, 3.63) is 16.4 Å². The van der Waals surface area contributed by atoms with Gasteiger partial charge >= 0.3 is 0 Å². The molecule has 2 heterocycles. The van der Waals surface area contributed by atoms with Gasteiger partial charge in [-0.05, 0) is 38.5 Å². The molecule has 1 aromatic rings. The van der Waals surface area contributed by atoms with Crippen molar-refractivity contribution in [1.82, 2.24) is 9.78 Å². The topological polar surface area (TPSA) is 53.1 Å². The molecule has 2 aliphatic rings. The van der Waals surface area contributed by atoms with E-state index in [1.54, 1.807) is 0 Å². The third kappa shape index (κ3) is 2.62. The van der Waals surface area contributed by atoms with Crippen LogP contribution in [0.2, 0.25) is 5.02 Å². The fourth-order valence-electron chi connectivity index (χ4n) is 3.74. The highest BCUT2D eigenvalue weighted by atomic mass is 35.5. The van der Waals surface area contributed by atoms with Crippen molar-refractivity contribution in [3.63, 3.8) is 0 Å². The van der Waals surface area contributed by atoms with Gasteiger partial charge in [-0.15, -0.1) is 0 Å². The fourth-order valence-corrected chi connectivity index (χ4v) is 4.08. The Labute approximate surface area is 132 Å². The molecule has 0 aromatic carbocycles. The highest BCUT2D eigenvalue weighted by molar-refractivity contribution is 6.31. The third-order valence-corrected chi connectivity index (χ3v) is 5.61. The van der Waals surface area contributed by atoms with Crippen LogP contribution in [0.1, 0.15) is 44.5 Å². The van der Waals surface area contributed by atoms with Crippen LogP contribution in [0.3, 0.4) is 0 Å². The quantitative estimate of drug-likeness (QED) is 0.879. The van der Waals surface area contributed by atoms with Crippen LogP contribution in [0.15, 0.2) is 0 Å². The van der Waals surface area contributed by atoms with Crippen LogP contribution in [0.25, 0.3) is 0 Å². The molecular formula is C16H26ClN3O. The maximum Gasteiger partial charge on any atom is 0.0850 e. The number of hydrogen-bond acceptors (Lipinski definition) is 3. The van der Waals surface area contributed by atoms with Gasteiger partial charge in [-0.1, -0.05) is 18.5 Å². The van der Waals surface area contributed by atoms with E-state index < -0.39 is 0 Å². The maximum absolute atomic E-state index is 6.58. The summed E-state index contributed by atoms with van der Waals surface area (Å²) < 4.78 is 8.11. The zero-order valence-electron chi connectivity index (χ0n) is 13.1. The van der Waals surface area contributed by atoms with Crippen LogP contribution in [0.5, 0.6) is 0 Å². The summed E-state index contributed by atoms with van der Waals surface area (Å²) in [5, 5.41) is 5.48. The number of nitrogens with two attached hydrogens (primary N) is 1. The summed E-state index contributed by atoms with van der Waals surface area (Å²) in [6.45, 7) is 6.57. The van der Waals surface area contributed by atoms with E-state index >= 15 is 0 Å². The molecule has 1 aromatic heterocycles. The molecule has 118 valence electrons. The second-order valence-corrected chi connectivity index (χ2v) is 6.88. The number of aryl methyl sites for hydroxylation is 2. The van der Waals surface area contributed by atoms with Gasteiger partial charge in [0.05, 0.1) is 22.5 Å². The van der Waals surface area contributed by atoms with Gasteiger partial charge in [-0.25, -0.2) is 0 Å². The van der Waals surface area contributed by atoms with Crippen molar-refractivity contribution in [2.45, 2.75) is 58.6 Å². The number of ether oxygens (including phenoxy) is 1. The molecule has 1 aliphatic carbocycles. The van der Waals surface area contributed by atoms with Crippen LogP contribution < -0.4 is 5.73 Å². The fraction of sp³-hybridized carbons (Fsp3) is 0.812. The van der Waals surface area contributed by atoms with Crippen molar-refractivity contribution >= 4 is 11.6 Å². The molecule has 2 fully saturated rings. The maximum atomic E-state index is 6.58. The van der Waals surface area contributed by atoms with Crippen molar-refractivity contribution < 1.29 is 4.74 Å². The summed E-state index contributed by atoms with van der Waals surface area (Å²) in [6.07, 6.45) is 5.68. The first-order valence-corrected chi connectivity index (χ1v) is 8.58. The zero-order valence-corrected chi connectivity index (χ0v) is 13.8. The molecular weight excluding hydrogens is 286 g/mol. The highest BCUT2D eigenvalue weighted by Gasteiger charge is 2.50. The normalized spacial score (nSPS) is 29.2. The minimum absolute atomic E-state index is 0.0444. The van der Waals surface area contributed by atoms with Gasteiger partial charge in [0.2, 0.25) is 0 Å². The van der Waals surface area contributed by atoms with Crippen LogP contribution >= 0.6 is 11.6 Å². The van der Waals surface area contributed by atoms with Crippen LogP contribution in [0.4, 0.5) is 0 Å². The molecule has 21 heavy (non-hydrogen) atoms. The summed E-state index contributed by atoms with van der Waals surface area (Å²) in [4.78, 5) is 0. The Bertz CT molecular complexity index is 512. The molecule has 0 amide bonds. The lowest BCUT2D eigenvalue weighted by Gasteiger charge is -2.33. The van der Waals surface area contributed by atoms with Crippen molar-refractivity contribution in [3.8, 4) is 0 Å². The van der Waals surface area contributed by atoms with Gasteiger partial charge in [-0.3, -0.25) is 4.68 Å². The summed E-state index contributed by atoms with van der Waals surface area (Å²) in [5.41, 5.74) is 8.40. The summed E-state index contributed by atoms with van der Waals surface area (Å²) in [5.74, 6) is 0.707. The minimum atomic E-state index is 0.0444. The van der Waals surface area contributed by atoms with Gasteiger partial charge < -0.3 is 10.5 Å². The minimum Gasteiger partial charge on any atom is -0.377 e. The molecule has 1 aliphatic heterocycles. The first kappa shape index (κ1) is 15.3. The third-order valence-electron chi connectivity index (χ3n) is 5.17. The monoisotopic (exact) mass is 311 g/mol. The molecule has 0 bridgehead atoms. The second-order valence-electron chi connectivity index (χ2n) is 6.50. The molecule has 2 unspecified atom stereocenters. The van der Waals surface area contributed by atoms with Crippen LogP contribution in [-0.2, 0) is 24.1 Å². The summed E-state index contributed by atoms with van der Waals surface area (Å²) >= 11 is 6.58. The van der Waals surface area contributed by atoms with Gasteiger partial charge in [0, 0.05) is 31.5 Å². The highest BCUT2D eigenvalue weighted by Crippen LogP contribution is 2.49.